The van der Waals surface area contributed by atoms with Crippen molar-refractivity contribution in [1.82, 2.24) is 9.97 Å². The average molecular weight is 138 g/mol. The Morgan fingerprint density at radius 2 is 2.67 bits per heavy atom. The molecule has 0 aliphatic rings. The third kappa shape index (κ3) is 1.53. The highest BCUT2D eigenvalue weighted by Gasteiger charge is 1.91. The van der Waals surface area contributed by atoms with Gasteiger partial charge in [0.25, 0.3) is 0 Å². The topological polar surface area (TPSA) is 28.7 Å². The maximum atomic E-state index is 4.24. The highest BCUT2D eigenvalue weighted by molar-refractivity contribution is 6.29. The first-order valence-electron chi connectivity index (χ1n) is 2.94. The summed E-state index contributed by atoms with van der Waals surface area (Å²) in [5.74, 6) is 0. The number of nitrogens with zero attached hydrogens (tertiary/aromatic N) is 1. The van der Waals surface area contributed by atoms with Gasteiger partial charge in [-0.15, -0.1) is 6.58 Å². The van der Waals surface area contributed by atoms with Gasteiger partial charge in [-0.1, -0.05) is 6.08 Å². The Balaban J connectivity index is 2.72. The normalized spacial score (nSPS) is 9.78. The Morgan fingerprint density at radius 1 is 1.89 bits per heavy atom. The Hall–Kier alpha value is -0.833. The largest absolute Gasteiger partial charge is 0.353 e. The van der Waals surface area contributed by atoms with Gasteiger partial charge in [-0.25, -0.2) is 4.98 Å². The Kier molecular flexibility index (Phi) is 1.84. The van der Waals surface area contributed by atoms with E-state index in [1.54, 1.807) is 0 Å². The first-order valence-corrected chi connectivity index (χ1v) is 3.94. The van der Waals surface area contributed by atoms with Crippen LogP contribution in [0.3, 0.4) is 0 Å². The third-order valence-corrected chi connectivity index (χ3v) is 1.62. The molecule has 48 valence electrons. The smallest absolute Gasteiger partial charge is 0.0839 e. The van der Waals surface area contributed by atoms with Crippen molar-refractivity contribution in [3.8, 4) is 0 Å². The molecule has 1 aromatic heterocycles. The minimum atomic E-state index is 0.874. The molecular formula is C6H10N2Si. The summed E-state index contributed by atoms with van der Waals surface area (Å²) in [5.41, 5.74) is 2.20. The van der Waals surface area contributed by atoms with Gasteiger partial charge in [0.2, 0.25) is 0 Å². The lowest BCUT2D eigenvalue weighted by Crippen LogP contribution is -2.05. The summed E-state index contributed by atoms with van der Waals surface area (Å²) in [5, 5.41) is 0. The van der Waals surface area contributed by atoms with Crippen LogP contribution in [0.4, 0.5) is 0 Å². The van der Waals surface area contributed by atoms with E-state index in [1.807, 2.05) is 12.3 Å². The molecule has 0 aromatic carbocycles. The highest BCUT2D eigenvalue weighted by Crippen LogP contribution is 1.89. The van der Waals surface area contributed by atoms with Crippen molar-refractivity contribution in [3.05, 3.63) is 24.5 Å². The molecule has 1 N–H and O–H groups in total. The lowest BCUT2D eigenvalue weighted by molar-refractivity contribution is 1.17. The number of hydrogen-bond acceptors (Lipinski definition) is 1. The van der Waals surface area contributed by atoms with Gasteiger partial charge in [0.1, 0.15) is 0 Å². The van der Waals surface area contributed by atoms with E-state index in [9.17, 15) is 0 Å². The average Bonchev–Trinajstić information content (AvgIpc) is 2.17. The maximum absolute atomic E-state index is 4.24. The number of allylic oxidation sites excluding steroid dienone is 1. The second-order valence-corrected chi connectivity index (χ2v) is 2.92. The number of hydrogen-bond donors (Lipinski definition) is 1. The standard InChI is InChI=1S/C6H10N2Si/c1-2-3-5-4-7-6(9)8-5/h2,4H,1,3H2,9H3,(H,7,8). The van der Waals surface area contributed by atoms with Gasteiger partial charge >= 0.3 is 0 Å². The zero-order valence-corrected chi connectivity index (χ0v) is 7.52. The second-order valence-electron chi connectivity index (χ2n) is 1.97. The molecular weight excluding hydrogens is 128 g/mol. The monoisotopic (exact) mass is 138 g/mol. The minimum Gasteiger partial charge on any atom is -0.353 e. The molecule has 1 heterocycles. The van der Waals surface area contributed by atoms with E-state index in [4.69, 9.17) is 0 Å². The van der Waals surface area contributed by atoms with Gasteiger partial charge in [-0.05, 0) is 0 Å². The number of aromatic amines is 1. The lowest BCUT2D eigenvalue weighted by Gasteiger charge is -1.81. The van der Waals surface area contributed by atoms with Crippen LogP contribution in [0.15, 0.2) is 18.9 Å². The summed E-state index contributed by atoms with van der Waals surface area (Å²) in [6.45, 7) is 3.62. The minimum absolute atomic E-state index is 0.874. The van der Waals surface area contributed by atoms with Crippen molar-refractivity contribution in [2.45, 2.75) is 6.42 Å². The zero-order valence-electron chi connectivity index (χ0n) is 5.52. The van der Waals surface area contributed by atoms with E-state index in [0.717, 1.165) is 27.8 Å². The van der Waals surface area contributed by atoms with E-state index in [-0.39, 0.29) is 0 Å². The predicted octanol–water partition coefficient (Wildman–Crippen LogP) is -0.871. The molecule has 9 heavy (non-hydrogen) atoms. The molecule has 3 heteroatoms. The van der Waals surface area contributed by atoms with Crippen LogP contribution in [0.2, 0.25) is 0 Å². The van der Waals surface area contributed by atoms with Crippen molar-refractivity contribution in [1.29, 1.82) is 0 Å². The molecule has 0 aliphatic carbocycles. The van der Waals surface area contributed by atoms with Crippen LogP contribution >= 0.6 is 0 Å². The highest BCUT2D eigenvalue weighted by atomic mass is 28.1. The molecule has 0 unspecified atom stereocenters. The first-order chi connectivity index (χ1) is 4.33. The predicted molar refractivity (Wildman–Crippen MR) is 42.1 cm³/mol. The maximum Gasteiger partial charge on any atom is 0.0839 e. The number of aromatic nitrogens is 2. The van der Waals surface area contributed by atoms with E-state index >= 15 is 0 Å². The van der Waals surface area contributed by atoms with Gasteiger partial charge in [-0.2, -0.15) is 0 Å². The molecule has 2 nitrogen and oxygen atoms in total. The second kappa shape index (κ2) is 2.64. The van der Waals surface area contributed by atoms with Crippen molar-refractivity contribution in [2.24, 2.45) is 0 Å². The molecule has 1 rings (SSSR count). The van der Waals surface area contributed by atoms with E-state index in [2.05, 4.69) is 16.5 Å². The Morgan fingerprint density at radius 3 is 3.11 bits per heavy atom. The SMILES string of the molecule is C=CCc1c[nH]c([SiH3])n1. The van der Waals surface area contributed by atoms with Crippen LogP contribution in [-0.2, 0) is 6.42 Å². The van der Waals surface area contributed by atoms with Gasteiger partial charge in [0.05, 0.1) is 21.4 Å². The van der Waals surface area contributed by atoms with Crippen LogP contribution < -0.4 is 5.45 Å². The van der Waals surface area contributed by atoms with Crippen molar-refractivity contribution in [2.75, 3.05) is 0 Å². The van der Waals surface area contributed by atoms with Crippen LogP contribution in [-0.4, -0.2) is 20.2 Å². The fourth-order valence-corrected chi connectivity index (χ4v) is 1.15. The first kappa shape index (κ1) is 6.29. The fourth-order valence-electron chi connectivity index (χ4n) is 0.720. The van der Waals surface area contributed by atoms with E-state index in [1.165, 1.54) is 0 Å². The Labute approximate surface area is 57.4 Å². The summed E-state index contributed by atoms with van der Waals surface area (Å²) in [6.07, 6.45) is 4.67. The van der Waals surface area contributed by atoms with Crippen LogP contribution in [0.1, 0.15) is 5.69 Å². The van der Waals surface area contributed by atoms with Gasteiger partial charge in [0, 0.05) is 12.6 Å². The summed E-state index contributed by atoms with van der Waals surface area (Å²) in [4.78, 5) is 7.29. The van der Waals surface area contributed by atoms with E-state index in [0.29, 0.717) is 0 Å². The quantitative estimate of drug-likeness (QED) is 0.418. The summed E-state index contributed by atoms with van der Waals surface area (Å²) < 4.78 is 0. The lowest BCUT2D eigenvalue weighted by atomic mass is 10.3. The Bertz CT molecular complexity index is 205. The summed E-state index contributed by atoms with van der Waals surface area (Å²) in [6, 6.07) is 0. The van der Waals surface area contributed by atoms with Crippen LogP contribution in [0.25, 0.3) is 0 Å². The molecule has 0 saturated heterocycles. The fraction of sp³-hybridized carbons (Fsp3) is 0.167. The number of rotatable bonds is 2. The molecule has 0 aliphatic heterocycles. The molecule has 0 spiro atoms. The molecule has 0 amide bonds. The third-order valence-electron chi connectivity index (χ3n) is 1.11. The number of imidazole rings is 1. The van der Waals surface area contributed by atoms with Crippen LogP contribution in [0.5, 0.6) is 0 Å². The number of nitrogens with one attached hydrogen (secondary N) is 1. The molecule has 0 saturated carbocycles. The summed E-state index contributed by atoms with van der Waals surface area (Å²) >= 11 is 0. The molecule has 0 atom stereocenters. The van der Waals surface area contributed by atoms with Gasteiger partial charge in [-0.3, -0.25) is 0 Å². The molecule has 0 fully saturated rings. The summed E-state index contributed by atoms with van der Waals surface area (Å²) in [7, 11) is 1.00. The van der Waals surface area contributed by atoms with Crippen molar-refractivity contribution >= 4 is 15.7 Å². The van der Waals surface area contributed by atoms with E-state index < -0.39 is 0 Å². The molecule has 1 aromatic rings. The number of H-pyrrole nitrogens is 1. The van der Waals surface area contributed by atoms with Crippen molar-refractivity contribution < 1.29 is 0 Å². The molecule has 0 bridgehead atoms. The van der Waals surface area contributed by atoms with Crippen LogP contribution in [0, 0.1) is 0 Å². The molecule has 0 radical (unpaired) electrons. The zero-order chi connectivity index (χ0) is 6.69. The van der Waals surface area contributed by atoms with Gasteiger partial charge < -0.3 is 4.98 Å². The van der Waals surface area contributed by atoms with Crippen molar-refractivity contribution in [3.63, 3.8) is 0 Å². The van der Waals surface area contributed by atoms with Gasteiger partial charge in [0.15, 0.2) is 0 Å².